The van der Waals surface area contributed by atoms with E-state index < -0.39 is 11.2 Å². The van der Waals surface area contributed by atoms with Gasteiger partial charge in [0.05, 0.1) is 17.8 Å². The highest BCUT2D eigenvalue weighted by atomic mass is 16.7. The minimum absolute atomic E-state index is 0.0628. The summed E-state index contributed by atoms with van der Waals surface area (Å²) in [7, 11) is 1.38. The molecule has 1 saturated heterocycles. The van der Waals surface area contributed by atoms with E-state index in [2.05, 4.69) is 21.3 Å². The average Bonchev–Trinajstić information content (AvgIpc) is 3.17. The molecule has 31 heavy (non-hydrogen) atoms. The number of anilines is 2. The molecule has 1 fully saturated rings. The quantitative estimate of drug-likeness (QED) is 0.639. The summed E-state index contributed by atoms with van der Waals surface area (Å²) < 4.78 is 2.14. The van der Waals surface area contributed by atoms with Gasteiger partial charge in [-0.25, -0.2) is 9.36 Å². The van der Waals surface area contributed by atoms with Crippen molar-refractivity contribution < 1.29 is 4.84 Å². The molecule has 2 aliphatic rings. The molecule has 2 aromatic rings. The summed E-state index contributed by atoms with van der Waals surface area (Å²) in [5.41, 5.74) is 6.07. The van der Waals surface area contributed by atoms with E-state index in [1.807, 2.05) is 11.8 Å². The molecule has 2 aromatic heterocycles. The zero-order valence-corrected chi connectivity index (χ0v) is 17.6. The zero-order chi connectivity index (χ0) is 22.1. The number of fused-ring (bicyclic) bond motifs is 1. The third kappa shape index (κ3) is 3.54. The molecule has 0 saturated carbocycles. The molecule has 0 radical (unpaired) electrons. The Morgan fingerprint density at radius 2 is 2.23 bits per heavy atom. The van der Waals surface area contributed by atoms with Crippen molar-refractivity contribution >= 4 is 11.5 Å². The van der Waals surface area contributed by atoms with E-state index in [1.54, 1.807) is 12.1 Å². The maximum Gasteiger partial charge on any atom is 0.366 e. The number of nitriles is 1. The summed E-state index contributed by atoms with van der Waals surface area (Å²) in [5, 5.41) is 12.6. The molecule has 3 N–H and O–H groups in total. The smallest absolute Gasteiger partial charge is 0.366 e. The fourth-order valence-electron chi connectivity index (χ4n) is 4.33. The molecule has 4 rings (SSSR count). The molecule has 11 nitrogen and oxygen atoms in total. The Morgan fingerprint density at radius 3 is 2.90 bits per heavy atom. The second-order valence-corrected chi connectivity index (χ2v) is 7.66. The predicted molar refractivity (Wildman–Crippen MR) is 115 cm³/mol. The molecule has 0 spiro atoms. The Labute approximate surface area is 179 Å². The van der Waals surface area contributed by atoms with Gasteiger partial charge in [-0.05, 0) is 31.9 Å². The SMILES string of the molecule is CCN1c2c(n(OC)c(=O)n(Cc3ncccc3C#N)c2=O)NC1N1CCCC(N)C1. The molecular weight excluding hydrogens is 400 g/mol. The van der Waals surface area contributed by atoms with Gasteiger partial charge < -0.3 is 20.8 Å². The van der Waals surface area contributed by atoms with Crippen LogP contribution in [0, 0.1) is 11.3 Å². The van der Waals surface area contributed by atoms with E-state index in [0.717, 1.165) is 28.7 Å². The van der Waals surface area contributed by atoms with Gasteiger partial charge in [-0.3, -0.25) is 14.7 Å². The Morgan fingerprint density at radius 1 is 1.42 bits per heavy atom. The highest BCUT2D eigenvalue weighted by Crippen LogP contribution is 2.32. The van der Waals surface area contributed by atoms with E-state index in [-0.39, 0.29) is 18.9 Å². The average molecular weight is 426 g/mol. The van der Waals surface area contributed by atoms with Crippen LogP contribution in [0.25, 0.3) is 0 Å². The van der Waals surface area contributed by atoms with Gasteiger partial charge in [0.2, 0.25) is 0 Å². The van der Waals surface area contributed by atoms with E-state index in [9.17, 15) is 14.9 Å². The molecule has 164 valence electrons. The first kappa shape index (κ1) is 20.9. The maximum absolute atomic E-state index is 13.5. The van der Waals surface area contributed by atoms with E-state index in [4.69, 9.17) is 10.6 Å². The first-order valence-electron chi connectivity index (χ1n) is 10.3. The number of rotatable bonds is 5. The van der Waals surface area contributed by atoms with Gasteiger partial charge in [0.1, 0.15) is 13.2 Å². The summed E-state index contributed by atoms with van der Waals surface area (Å²) in [5.74, 6) is 0.321. The largest absolute Gasteiger partial charge is 0.411 e. The first-order chi connectivity index (χ1) is 15.0. The topological polar surface area (TPSA) is 134 Å². The third-order valence-corrected chi connectivity index (χ3v) is 5.80. The molecule has 2 atom stereocenters. The normalized spacial score (nSPS) is 20.8. The van der Waals surface area contributed by atoms with Gasteiger partial charge in [-0.15, -0.1) is 4.73 Å². The van der Waals surface area contributed by atoms with E-state index in [1.165, 1.54) is 13.3 Å². The summed E-state index contributed by atoms with van der Waals surface area (Å²) in [6, 6.07) is 5.35. The molecule has 4 heterocycles. The van der Waals surface area contributed by atoms with Crippen LogP contribution in [0.15, 0.2) is 27.9 Å². The van der Waals surface area contributed by atoms with Gasteiger partial charge in [0.25, 0.3) is 5.56 Å². The first-order valence-corrected chi connectivity index (χ1v) is 10.3. The standard InChI is InChI=1S/C20H26N8O3/c1-3-26-16-17(24-19(26)25-9-5-7-14(22)11-25)28(31-2)20(30)27(18(16)29)12-15-13(10-21)6-4-8-23-15/h4,6,8,14,19,24H,3,5,7,9,11-12,22H2,1-2H3. The number of hydrogen-bond acceptors (Lipinski definition) is 9. The summed E-state index contributed by atoms with van der Waals surface area (Å²) >= 11 is 0. The predicted octanol–water partition coefficient (Wildman–Crippen LogP) is -0.658. The molecule has 2 aliphatic heterocycles. The van der Waals surface area contributed by atoms with Gasteiger partial charge in [0.15, 0.2) is 17.8 Å². The van der Waals surface area contributed by atoms with Crippen molar-refractivity contribution in [2.45, 2.75) is 38.6 Å². The van der Waals surface area contributed by atoms with Crippen LogP contribution in [0.1, 0.15) is 31.0 Å². The Kier molecular flexibility index (Phi) is 5.67. The van der Waals surface area contributed by atoms with Crippen LogP contribution >= 0.6 is 0 Å². The van der Waals surface area contributed by atoms with Crippen molar-refractivity contribution in [2.75, 3.05) is 37.0 Å². The van der Waals surface area contributed by atoms with Crippen molar-refractivity contribution in [3.05, 3.63) is 50.4 Å². The number of nitrogens with two attached hydrogens (primary N) is 1. The lowest BCUT2D eigenvalue weighted by molar-refractivity contribution is 0.148. The van der Waals surface area contributed by atoms with Crippen LogP contribution in [-0.2, 0) is 6.54 Å². The highest BCUT2D eigenvalue weighted by Gasteiger charge is 2.39. The van der Waals surface area contributed by atoms with Crippen LogP contribution < -0.4 is 32.0 Å². The number of pyridine rings is 1. The minimum Gasteiger partial charge on any atom is -0.411 e. The Bertz CT molecular complexity index is 1130. The van der Waals surface area contributed by atoms with Crippen molar-refractivity contribution in [3.8, 4) is 6.07 Å². The van der Waals surface area contributed by atoms with Crippen LogP contribution in [0.2, 0.25) is 0 Å². The monoisotopic (exact) mass is 426 g/mol. The van der Waals surface area contributed by atoms with Crippen molar-refractivity contribution in [3.63, 3.8) is 0 Å². The van der Waals surface area contributed by atoms with Crippen molar-refractivity contribution in [1.82, 2.24) is 19.2 Å². The number of nitrogens with zero attached hydrogens (tertiary/aromatic N) is 6. The van der Waals surface area contributed by atoms with Crippen LogP contribution in [0.3, 0.4) is 0 Å². The van der Waals surface area contributed by atoms with E-state index in [0.29, 0.717) is 35.9 Å². The number of hydrogen-bond donors (Lipinski definition) is 2. The summed E-state index contributed by atoms with van der Waals surface area (Å²) in [6.45, 7) is 3.88. The van der Waals surface area contributed by atoms with Crippen LogP contribution in [-0.4, -0.2) is 58.3 Å². The van der Waals surface area contributed by atoms with Gasteiger partial charge in [-0.2, -0.15) is 5.26 Å². The zero-order valence-electron chi connectivity index (χ0n) is 17.6. The Balaban J connectivity index is 1.81. The van der Waals surface area contributed by atoms with Crippen LogP contribution in [0.5, 0.6) is 0 Å². The molecule has 0 bridgehead atoms. The lowest BCUT2D eigenvalue weighted by atomic mass is 10.1. The molecule has 11 heteroatoms. The fraction of sp³-hybridized carbons (Fsp3) is 0.500. The second kappa shape index (κ2) is 8.41. The lowest BCUT2D eigenvalue weighted by Crippen LogP contribution is -2.56. The van der Waals surface area contributed by atoms with Crippen molar-refractivity contribution in [1.29, 1.82) is 5.26 Å². The maximum atomic E-state index is 13.5. The van der Waals surface area contributed by atoms with E-state index >= 15 is 0 Å². The Hall–Kier alpha value is -3.36. The van der Waals surface area contributed by atoms with Gasteiger partial charge in [-0.1, -0.05) is 0 Å². The molecule has 0 aliphatic carbocycles. The van der Waals surface area contributed by atoms with Crippen molar-refractivity contribution in [2.24, 2.45) is 5.73 Å². The number of piperidine rings is 1. The van der Waals surface area contributed by atoms with Gasteiger partial charge in [0, 0.05) is 31.9 Å². The fourth-order valence-corrected chi connectivity index (χ4v) is 4.33. The molecule has 0 amide bonds. The number of aromatic nitrogens is 3. The molecule has 2 unspecified atom stereocenters. The number of likely N-dealkylation sites (tertiary alicyclic amines) is 1. The van der Waals surface area contributed by atoms with Gasteiger partial charge >= 0.3 is 5.69 Å². The number of nitrogens with one attached hydrogen (secondary N) is 1. The summed E-state index contributed by atoms with van der Waals surface area (Å²) in [4.78, 5) is 40.2. The van der Waals surface area contributed by atoms with Crippen LogP contribution in [0.4, 0.5) is 11.5 Å². The highest BCUT2D eigenvalue weighted by molar-refractivity contribution is 5.71. The molecular formula is C20H26N8O3. The summed E-state index contributed by atoms with van der Waals surface area (Å²) in [6.07, 6.45) is 3.15. The second-order valence-electron chi connectivity index (χ2n) is 7.66. The molecule has 0 aromatic carbocycles. The third-order valence-electron chi connectivity index (χ3n) is 5.80. The minimum atomic E-state index is -0.639. The lowest BCUT2D eigenvalue weighted by Gasteiger charge is -2.39.